The second-order valence-corrected chi connectivity index (χ2v) is 6.33. The first kappa shape index (κ1) is 16.8. The van der Waals surface area contributed by atoms with Crippen molar-refractivity contribution in [2.45, 2.75) is 46.1 Å². The molecule has 0 aliphatic carbocycles. The Bertz CT molecular complexity index is 392. The van der Waals surface area contributed by atoms with Crippen molar-refractivity contribution < 1.29 is 14.6 Å². The lowest BCUT2D eigenvalue weighted by atomic mass is 9.79. The molecule has 0 aliphatic heterocycles. The van der Waals surface area contributed by atoms with Gasteiger partial charge >= 0.3 is 0 Å². The number of methoxy groups -OCH3 is 2. The van der Waals surface area contributed by atoms with Crippen LogP contribution >= 0.6 is 0 Å². The molecule has 1 N–H and O–H groups in total. The van der Waals surface area contributed by atoms with Gasteiger partial charge in [-0.1, -0.05) is 27.7 Å². The summed E-state index contributed by atoms with van der Waals surface area (Å²) < 4.78 is 10.6. The van der Waals surface area contributed by atoms with E-state index in [1.165, 1.54) is 0 Å². The average molecular weight is 280 g/mol. The molecule has 0 aliphatic rings. The molecule has 1 aromatic carbocycles. The summed E-state index contributed by atoms with van der Waals surface area (Å²) >= 11 is 0. The van der Waals surface area contributed by atoms with Crippen LogP contribution in [0.2, 0.25) is 0 Å². The van der Waals surface area contributed by atoms with Gasteiger partial charge in [0.15, 0.2) is 0 Å². The van der Waals surface area contributed by atoms with E-state index in [1.54, 1.807) is 14.2 Å². The first-order valence-electron chi connectivity index (χ1n) is 7.26. The molecule has 0 saturated heterocycles. The Labute approximate surface area is 122 Å². The Morgan fingerprint density at radius 1 is 0.900 bits per heavy atom. The van der Waals surface area contributed by atoms with Crippen LogP contribution in [0.3, 0.4) is 0 Å². The Balaban J connectivity index is 3.24. The number of ether oxygens (including phenoxy) is 2. The Hall–Kier alpha value is -1.22. The zero-order valence-electron chi connectivity index (χ0n) is 13.6. The fraction of sp³-hybridized carbons (Fsp3) is 0.647. The number of benzene rings is 1. The predicted octanol–water partition coefficient (Wildman–Crippen LogP) is 3.98. The number of hydrogen-bond donors (Lipinski definition) is 1. The van der Waals surface area contributed by atoms with Gasteiger partial charge in [0.25, 0.3) is 0 Å². The van der Waals surface area contributed by atoms with Gasteiger partial charge in [0, 0.05) is 6.07 Å². The highest BCUT2D eigenvalue weighted by Gasteiger charge is 2.32. The van der Waals surface area contributed by atoms with Crippen LogP contribution in [0.25, 0.3) is 0 Å². The fourth-order valence-electron chi connectivity index (χ4n) is 2.75. The third-order valence-electron chi connectivity index (χ3n) is 3.38. The van der Waals surface area contributed by atoms with E-state index in [9.17, 15) is 5.11 Å². The molecule has 20 heavy (non-hydrogen) atoms. The maximum Gasteiger partial charge on any atom is 0.122 e. The fourth-order valence-corrected chi connectivity index (χ4v) is 2.75. The summed E-state index contributed by atoms with van der Waals surface area (Å²) in [6, 6.07) is 5.65. The van der Waals surface area contributed by atoms with Crippen molar-refractivity contribution in [3.05, 3.63) is 23.8 Å². The van der Waals surface area contributed by atoms with Crippen LogP contribution in [0, 0.1) is 11.8 Å². The van der Waals surface area contributed by atoms with Crippen LogP contribution in [0.5, 0.6) is 11.5 Å². The van der Waals surface area contributed by atoms with Gasteiger partial charge in [-0.15, -0.1) is 0 Å². The second kappa shape index (κ2) is 6.98. The van der Waals surface area contributed by atoms with Crippen molar-refractivity contribution in [3.63, 3.8) is 0 Å². The van der Waals surface area contributed by atoms with Gasteiger partial charge in [-0.05, 0) is 42.4 Å². The topological polar surface area (TPSA) is 38.7 Å². The third-order valence-corrected chi connectivity index (χ3v) is 3.38. The quantitative estimate of drug-likeness (QED) is 0.821. The average Bonchev–Trinajstić information content (AvgIpc) is 2.36. The summed E-state index contributed by atoms with van der Waals surface area (Å²) in [7, 11) is 3.25. The maximum absolute atomic E-state index is 11.2. The van der Waals surface area contributed by atoms with E-state index in [0.29, 0.717) is 23.3 Å². The molecule has 0 heterocycles. The Morgan fingerprint density at radius 3 is 1.60 bits per heavy atom. The molecule has 0 amide bonds. The predicted molar refractivity (Wildman–Crippen MR) is 82.4 cm³/mol. The van der Waals surface area contributed by atoms with Crippen LogP contribution in [0.1, 0.15) is 46.1 Å². The molecular formula is C17H28O3. The number of hydrogen-bond acceptors (Lipinski definition) is 3. The van der Waals surface area contributed by atoms with E-state index >= 15 is 0 Å². The summed E-state index contributed by atoms with van der Waals surface area (Å²) in [6.07, 6.45) is 1.45. The highest BCUT2D eigenvalue weighted by Crippen LogP contribution is 2.38. The molecule has 114 valence electrons. The second-order valence-electron chi connectivity index (χ2n) is 6.33. The van der Waals surface area contributed by atoms with Gasteiger partial charge in [0.1, 0.15) is 11.5 Å². The molecule has 0 spiro atoms. The molecule has 0 fully saturated rings. The van der Waals surface area contributed by atoms with Gasteiger partial charge < -0.3 is 14.6 Å². The first-order valence-corrected chi connectivity index (χ1v) is 7.26. The Morgan fingerprint density at radius 2 is 1.30 bits per heavy atom. The van der Waals surface area contributed by atoms with Gasteiger partial charge in [-0.25, -0.2) is 0 Å². The molecule has 0 bridgehead atoms. The highest BCUT2D eigenvalue weighted by atomic mass is 16.5. The molecule has 3 heteroatoms. The van der Waals surface area contributed by atoms with Crippen LogP contribution in [-0.4, -0.2) is 19.3 Å². The lowest BCUT2D eigenvalue weighted by Gasteiger charge is -2.32. The third kappa shape index (κ3) is 4.41. The minimum Gasteiger partial charge on any atom is -0.497 e. The number of aliphatic hydroxyl groups is 1. The maximum atomic E-state index is 11.2. The standard InChI is InChI=1S/C17H28O3/c1-12(2)10-17(18,11-13(3)4)14-7-15(19-5)9-16(8-14)20-6/h7-9,12-13,18H,10-11H2,1-6H3. The van der Waals surface area contributed by atoms with Crippen molar-refractivity contribution in [1.29, 1.82) is 0 Å². The monoisotopic (exact) mass is 280 g/mol. The van der Waals surface area contributed by atoms with Crippen LogP contribution in [0.15, 0.2) is 18.2 Å². The smallest absolute Gasteiger partial charge is 0.122 e. The molecule has 0 atom stereocenters. The summed E-state index contributed by atoms with van der Waals surface area (Å²) in [5, 5.41) is 11.2. The van der Waals surface area contributed by atoms with Gasteiger partial charge in [0.05, 0.1) is 19.8 Å². The van der Waals surface area contributed by atoms with E-state index in [1.807, 2.05) is 18.2 Å². The summed E-state index contributed by atoms with van der Waals surface area (Å²) in [5.74, 6) is 2.25. The zero-order chi connectivity index (χ0) is 15.3. The minimum atomic E-state index is -0.843. The molecule has 0 saturated carbocycles. The van der Waals surface area contributed by atoms with E-state index in [-0.39, 0.29) is 0 Å². The zero-order valence-corrected chi connectivity index (χ0v) is 13.6. The lowest BCUT2D eigenvalue weighted by Crippen LogP contribution is -2.29. The first-order chi connectivity index (χ1) is 9.30. The summed E-state index contributed by atoms with van der Waals surface area (Å²) in [4.78, 5) is 0. The van der Waals surface area contributed by atoms with E-state index in [4.69, 9.17) is 9.47 Å². The van der Waals surface area contributed by atoms with E-state index < -0.39 is 5.60 Å². The highest BCUT2D eigenvalue weighted by molar-refractivity contribution is 5.41. The largest absolute Gasteiger partial charge is 0.497 e. The lowest BCUT2D eigenvalue weighted by molar-refractivity contribution is -0.00483. The molecular weight excluding hydrogens is 252 g/mol. The molecule has 1 rings (SSSR count). The number of rotatable bonds is 7. The van der Waals surface area contributed by atoms with Crippen molar-refractivity contribution in [2.75, 3.05) is 14.2 Å². The van der Waals surface area contributed by atoms with E-state index in [0.717, 1.165) is 18.4 Å². The van der Waals surface area contributed by atoms with E-state index in [2.05, 4.69) is 27.7 Å². The van der Waals surface area contributed by atoms with Crippen molar-refractivity contribution in [3.8, 4) is 11.5 Å². The molecule has 0 aromatic heterocycles. The van der Waals surface area contributed by atoms with Crippen molar-refractivity contribution in [2.24, 2.45) is 11.8 Å². The summed E-state index contributed by atoms with van der Waals surface area (Å²) in [5.41, 5.74) is 0.0283. The van der Waals surface area contributed by atoms with Crippen molar-refractivity contribution >= 4 is 0 Å². The normalized spacial score (nSPS) is 12.1. The SMILES string of the molecule is COc1cc(OC)cc(C(O)(CC(C)C)CC(C)C)c1. The minimum absolute atomic E-state index is 0.413. The molecule has 0 unspecified atom stereocenters. The molecule has 3 nitrogen and oxygen atoms in total. The van der Waals surface area contributed by atoms with Crippen LogP contribution < -0.4 is 9.47 Å². The van der Waals surface area contributed by atoms with Gasteiger partial charge in [-0.2, -0.15) is 0 Å². The molecule has 1 aromatic rings. The van der Waals surface area contributed by atoms with Crippen LogP contribution in [-0.2, 0) is 5.60 Å². The van der Waals surface area contributed by atoms with Crippen LogP contribution in [0.4, 0.5) is 0 Å². The Kier molecular flexibility index (Phi) is 5.88. The molecule has 0 radical (unpaired) electrons. The van der Waals surface area contributed by atoms with Crippen molar-refractivity contribution in [1.82, 2.24) is 0 Å². The van der Waals surface area contributed by atoms with Gasteiger partial charge in [0.2, 0.25) is 0 Å². The van der Waals surface area contributed by atoms with Gasteiger partial charge in [-0.3, -0.25) is 0 Å². The summed E-state index contributed by atoms with van der Waals surface area (Å²) in [6.45, 7) is 8.51.